The van der Waals surface area contributed by atoms with Crippen molar-refractivity contribution in [1.29, 1.82) is 0 Å². The van der Waals surface area contributed by atoms with E-state index in [1.165, 1.54) is 14.2 Å². The Bertz CT molecular complexity index is 356. The van der Waals surface area contributed by atoms with E-state index in [0.717, 1.165) is 0 Å². The van der Waals surface area contributed by atoms with E-state index in [-0.39, 0.29) is 6.61 Å². The van der Waals surface area contributed by atoms with Crippen molar-refractivity contribution in [1.82, 2.24) is 4.98 Å². The van der Waals surface area contributed by atoms with Crippen molar-refractivity contribution >= 4 is 5.97 Å². The van der Waals surface area contributed by atoms with Crippen LogP contribution in [0.1, 0.15) is 0 Å². The monoisotopic (exact) mass is 226 g/mol. The van der Waals surface area contributed by atoms with Gasteiger partial charge in [-0.1, -0.05) is 0 Å². The predicted molar refractivity (Wildman–Crippen MR) is 56.3 cm³/mol. The molecular formula is C10H14N2O4. The number of methoxy groups -OCH3 is 2. The summed E-state index contributed by atoms with van der Waals surface area (Å²) in [6.07, 6.45) is 1.56. The van der Waals surface area contributed by atoms with Gasteiger partial charge in [-0.2, -0.15) is 0 Å². The van der Waals surface area contributed by atoms with Crippen LogP contribution in [0.4, 0.5) is 0 Å². The van der Waals surface area contributed by atoms with Gasteiger partial charge in [-0.15, -0.1) is 0 Å². The first kappa shape index (κ1) is 12.3. The van der Waals surface area contributed by atoms with Crippen LogP contribution in [-0.2, 0) is 9.53 Å². The van der Waals surface area contributed by atoms with Gasteiger partial charge >= 0.3 is 5.97 Å². The Balaban J connectivity index is 2.57. The summed E-state index contributed by atoms with van der Waals surface area (Å²) in [6.45, 7) is -0.0138. The first-order chi connectivity index (χ1) is 7.69. The Morgan fingerprint density at radius 3 is 2.94 bits per heavy atom. The van der Waals surface area contributed by atoms with Gasteiger partial charge in [0.05, 0.1) is 14.2 Å². The van der Waals surface area contributed by atoms with Crippen LogP contribution in [0.15, 0.2) is 18.3 Å². The molecule has 0 aliphatic heterocycles. The molecule has 0 amide bonds. The minimum absolute atomic E-state index is 0.0138. The molecule has 0 saturated heterocycles. The van der Waals surface area contributed by atoms with Crippen molar-refractivity contribution in [3.8, 4) is 11.6 Å². The second-order valence-corrected chi connectivity index (χ2v) is 2.95. The van der Waals surface area contributed by atoms with E-state index in [1.54, 1.807) is 18.3 Å². The summed E-state index contributed by atoms with van der Waals surface area (Å²) in [7, 11) is 2.77. The molecule has 0 fully saturated rings. The van der Waals surface area contributed by atoms with Crippen molar-refractivity contribution in [2.75, 3.05) is 20.8 Å². The summed E-state index contributed by atoms with van der Waals surface area (Å²) in [4.78, 5) is 15.0. The Labute approximate surface area is 93.3 Å². The molecule has 0 spiro atoms. The summed E-state index contributed by atoms with van der Waals surface area (Å²) in [5.41, 5.74) is 5.50. The normalized spacial score (nSPS) is 11.7. The Morgan fingerprint density at radius 1 is 1.56 bits per heavy atom. The van der Waals surface area contributed by atoms with Gasteiger partial charge in [-0.3, -0.25) is 4.79 Å². The van der Waals surface area contributed by atoms with Crippen molar-refractivity contribution in [3.05, 3.63) is 18.3 Å². The molecule has 6 heteroatoms. The topological polar surface area (TPSA) is 83.7 Å². The van der Waals surface area contributed by atoms with Crippen LogP contribution >= 0.6 is 0 Å². The third-order valence-corrected chi connectivity index (χ3v) is 1.86. The smallest absolute Gasteiger partial charge is 0.326 e. The summed E-state index contributed by atoms with van der Waals surface area (Å²) >= 11 is 0. The number of pyridine rings is 1. The van der Waals surface area contributed by atoms with E-state index in [4.69, 9.17) is 15.2 Å². The zero-order valence-electron chi connectivity index (χ0n) is 9.17. The summed E-state index contributed by atoms with van der Waals surface area (Å²) in [6, 6.07) is 2.58. The second kappa shape index (κ2) is 5.92. The highest BCUT2D eigenvalue weighted by Crippen LogP contribution is 2.22. The van der Waals surface area contributed by atoms with E-state index in [2.05, 4.69) is 9.72 Å². The minimum Gasteiger partial charge on any atom is -0.491 e. The highest BCUT2D eigenvalue weighted by Gasteiger charge is 2.15. The lowest BCUT2D eigenvalue weighted by molar-refractivity contribution is -0.142. The van der Waals surface area contributed by atoms with Crippen LogP contribution in [0.5, 0.6) is 11.6 Å². The molecule has 0 aliphatic carbocycles. The van der Waals surface area contributed by atoms with E-state index in [1.807, 2.05) is 0 Å². The highest BCUT2D eigenvalue weighted by atomic mass is 16.5. The maximum Gasteiger partial charge on any atom is 0.326 e. The molecule has 1 unspecified atom stereocenters. The van der Waals surface area contributed by atoms with Crippen LogP contribution < -0.4 is 15.2 Å². The van der Waals surface area contributed by atoms with Gasteiger partial charge in [0, 0.05) is 6.20 Å². The molecule has 0 saturated carbocycles. The summed E-state index contributed by atoms with van der Waals surface area (Å²) in [5.74, 6) is 0.249. The molecule has 6 nitrogen and oxygen atoms in total. The van der Waals surface area contributed by atoms with Gasteiger partial charge in [0.15, 0.2) is 5.75 Å². The van der Waals surface area contributed by atoms with E-state index >= 15 is 0 Å². The molecule has 1 rings (SSSR count). The lowest BCUT2D eigenvalue weighted by Gasteiger charge is -2.12. The minimum atomic E-state index is -0.836. The summed E-state index contributed by atoms with van der Waals surface area (Å²) < 4.78 is 14.7. The first-order valence-corrected chi connectivity index (χ1v) is 4.64. The van der Waals surface area contributed by atoms with Gasteiger partial charge in [0.25, 0.3) is 5.88 Å². The Hall–Kier alpha value is -1.82. The van der Waals surface area contributed by atoms with Gasteiger partial charge in [0.2, 0.25) is 0 Å². The van der Waals surface area contributed by atoms with Crippen LogP contribution in [-0.4, -0.2) is 37.8 Å². The third-order valence-electron chi connectivity index (χ3n) is 1.86. The van der Waals surface area contributed by atoms with E-state index in [0.29, 0.717) is 11.6 Å². The van der Waals surface area contributed by atoms with Crippen LogP contribution in [0.3, 0.4) is 0 Å². The van der Waals surface area contributed by atoms with Gasteiger partial charge in [-0.25, -0.2) is 4.98 Å². The largest absolute Gasteiger partial charge is 0.491 e. The third kappa shape index (κ3) is 3.09. The molecule has 2 N–H and O–H groups in total. The van der Waals surface area contributed by atoms with Crippen LogP contribution in [0.2, 0.25) is 0 Å². The molecule has 1 aromatic heterocycles. The maximum atomic E-state index is 11.0. The molecule has 0 bridgehead atoms. The van der Waals surface area contributed by atoms with E-state index in [9.17, 15) is 4.79 Å². The number of carbonyl (C=O) groups excluding carboxylic acids is 1. The quantitative estimate of drug-likeness (QED) is 0.710. The lowest BCUT2D eigenvalue weighted by Crippen LogP contribution is -2.37. The number of carbonyl (C=O) groups is 1. The molecule has 1 heterocycles. The van der Waals surface area contributed by atoms with Crippen LogP contribution in [0.25, 0.3) is 0 Å². The number of hydrogen-bond donors (Lipinski definition) is 1. The zero-order valence-corrected chi connectivity index (χ0v) is 9.17. The molecule has 1 aromatic rings. The molecule has 16 heavy (non-hydrogen) atoms. The van der Waals surface area contributed by atoms with Crippen molar-refractivity contribution in [3.63, 3.8) is 0 Å². The fraction of sp³-hybridized carbons (Fsp3) is 0.400. The first-order valence-electron chi connectivity index (χ1n) is 4.64. The number of nitrogens with two attached hydrogens (primary N) is 1. The molecule has 0 aliphatic rings. The molecular weight excluding hydrogens is 212 g/mol. The second-order valence-electron chi connectivity index (χ2n) is 2.95. The van der Waals surface area contributed by atoms with Gasteiger partial charge in [0.1, 0.15) is 12.6 Å². The number of esters is 1. The van der Waals surface area contributed by atoms with E-state index < -0.39 is 12.0 Å². The molecule has 0 aromatic carbocycles. The van der Waals surface area contributed by atoms with Crippen LogP contribution in [0, 0.1) is 0 Å². The standard InChI is InChI=1S/C10H14N2O4/c1-14-8-4-3-5-12-9(8)16-6-7(11)10(13)15-2/h3-5,7H,6,11H2,1-2H3. The highest BCUT2D eigenvalue weighted by molar-refractivity contribution is 5.75. The molecule has 0 radical (unpaired) electrons. The number of nitrogens with zero attached hydrogens (tertiary/aromatic N) is 1. The number of ether oxygens (including phenoxy) is 3. The summed E-state index contributed by atoms with van der Waals surface area (Å²) in [5, 5.41) is 0. The SMILES string of the molecule is COC(=O)C(N)COc1ncccc1OC. The molecule has 1 atom stereocenters. The number of rotatable bonds is 5. The van der Waals surface area contributed by atoms with Gasteiger partial charge in [-0.05, 0) is 12.1 Å². The Morgan fingerprint density at radius 2 is 2.31 bits per heavy atom. The van der Waals surface area contributed by atoms with Crippen molar-refractivity contribution in [2.45, 2.75) is 6.04 Å². The average molecular weight is 226 g/mol. The maximum absolute atomic E-state index is 11.0. The fourth-order valence-corrected chi connectivity index (χ4v) is 1.03. The average Bonchev–Trinajstić information content (AvgIpc) is 2.35. The van der Waals surface area contributed by atoms with Crippen molar-refractivity contribution in [2.24, 2.45) is 5.73 Å². The number of hydrogen-bond acceptors (Lipinski definition) is 6. The zero-order chi connectivity index (χ0) is 12.0. The predicted octanol–water partition coefficient (Wildman–Crippen LogP) is -0.0307. The lowest BCUT2D eigenvalue weighted by atomic mass is 10.3. The Kier molecular flexibility index (Phi) is 4.53. The van der Waals surface area contributed by atoms with Crippen molar-refractivity contribution < 1.29 is 19.0 Å². The van der Waals surface area contributed by atoms with Gasteiger partial charge < -0.3 is 19.9 Å². The molecule has 88 valence electrons. The number of aromatic nitrogens is 1. The fourth-order valence-electron chi connectivity index (χ4n) is 1.03.